The summed E-state index contributed by atoms with van der Waals surface area (Å²) >= 11 is 9.60. The van der Waals surface area contributed by atoms with E-state index in [1.54, 1.807) is 6.20 Å². The van der Waals surface area contributed by atoms with E-state index in [-0.39, 0.29) is 0 Å². The number of hydrogen-bond acceptors (Lipinski definition) is 3. The second kappa shape index (κ2) is 7.81. The first-order chi connectivity index (χ1) is 9.70. The standard InChI is InChI=1S/C15H18BrClN2O/c1-2-7-18-8-3-4-15-19-10-14(20-15)12-6-5-11(16)9-13(12)17/h5-6,9-10,18H,2-4,7-8H2,1H3. The number of aryl methyl sites for hydroxylation is 1. The van der Waals surface area contributed by atoms with Gasteiger partial charge in [-0.2, -0.15) is 0 Å². The van der Waals surface area contributed by atoms with E-state index in [4.69, 9.17) is 16.0 Å². The number of halogens is 2. The van der Waals surface area contributed by atoms with E-state index in [1.807, 2.05) is 18.2 Å². The van der Waals surface area contributed by atoms with E-state index >= 15 is 0 Å². The van der Waals surface area contributed by atoms with Crippen LogP contribution in [-0.4, -0.2) is 18.1 Å². The minimum atomic E-state index is 0.659. The van der Waals surface area contributed by atoms with Gasteiger partial charge in [0.1, 0.15) is 0 Å². The lowest BCUT2D eigenvalue weighted by molar-refractivity contribution is 0.491. The Hall–Kier alpha value is -0.840. The van der Waals surface area contributed by atoms with Gasteiger partial charge in [0, 0.05) is 16.5 Å². The van der Waals surface area contributed by atoms with Crippen molar-refractivity contribution >= 4 is 27.5 Å². The smallest absolute Gasteiger partial charge is 0.194 e. The molecule has 108 valence electrons. The Kier molecular flexibility index (Phi) is 6.07. The molecule has 0 saturated carbocycles. The van der Waals surface area contributed by atoms with Crippen molar-refractivity contribution in [2.24, 2.45) is 0 Å². The molecule has 1 heterocycles. The Morgan fingerprint density at radius 1 is 1.35 bits per heavy atom. The largest absolute Gasteiger partial charge is 0.441 e. The average molecular weight is 358 g/mol. The van der Waals surface area contributed by atoms with Crippen LogP contribution in [0.4, 0.5) is 0 Å². The minimum absolute atomic E-state index is 0.659. The van der Waals surface area contributed by atoms with Gasteiger partial charge in [0.05, 0.1) is 11.2 Å². The second-order valence-electron chi connectivity index (χ2n) is 4.60. The Balaban J connectivity index is 1.95. The zero-order valence-corrected chi connectivity index (χ0v) is 13.8. The predicted octanol–water partition coefficient (Wildman–Crippen LogP) is 4.69. The molecule has 0 aliphatic heterocycles. The van der Waals surface area contributed by atoms with Crippen LogP contribution in [-0.2, 0) is 6.42 Å². The van der Waals surface area contributed by atoms with Crippen molar-refractivity contribution < 1.29 is 4.42 Å². The molecule has 20 heavy (non-hydrogen) atoms. The zero-order valence-electron chi connectivity index (χ0n) is 11.5. The van der Waals surface area contributed by atoms with E-state index in [1.165, 1.54) is 0 Å². The third kappa shape index (κ3) is 4.33. The van der Waals surface area contributed by atoms with Crippen LogP contribution in [0.1, 0.15) is 25.7 Å². The summed E-state index contributed by atoms with van der Waals surface area (Å²) in [5, 5.41) is 4.02. The number of aromatic nitrogens is 1. The average Bonchev–Trinajstić information content (AvgIpc) is 2.87. The van der Waals surface area contributed by atoms with Gasteiger partial charge in [-0.3, -0.25) is 0 Å². The van der Waals surface area contributed by atoms with Crippen LogP contribution < -0.4 is 5.32 Å². The Morgan fingerprint density at radius 2 is 2.20 bits per heavy atom. The van der Waals surface area contributed by atoms with Crippen LogP contribution in [0.3, 0.4) is 0 Å². The van der Waals surface area contributed by atoms with E-state index < -0.39 is 0 Å². The van der Waals surface area contributed by atoms with E-state index in [9.17, 15) is 0 Å². The normalized spacial score (nSPS) is 10.9. The molecule has 0 amide bonds. The molecule has 0 aliphatic rings. The van der Waals surface area contributed by atoms with E-state index in [0.717, 1.165) is 54.0 Å². The first-order valence-corrected chi connectivity index (χ1v) is 7.98. The number of benzene rings is 1. The fourth-order valence-electron chi connectivity index (χ4n) is 1.91. The summed E-state index contributed by atoms with van der Waals surface area (Å²) in [6.07, 6.45) is 4.76. The maximum atomic E-state index is 6.21. The summed E-state index contributed by atoms with van der Waals surface area (Å²) in [7, 11) is 0. The number of oxazole rings is 1. The van der Waals surface area contributed by atoms with Crippen LogP contribution in [0.25, 0.3) is 11.3 Å². The fraction of sp³-hybridized carbons (Fsp3) is 0.400. The molecular formula is C15H18BrClN2O. The summed E-state index contributed by atoms with van der Waals surface area (Å²) in [4.78, 5) is 4.31. The third-order valence-electron chi connectivity index (χ3n) is 2.92. The monoisotopic (exact) mass is 356 g/mol. The van der Waals surface area contributed by atoms with Crippen molar-refractivity contribution in [3.8, 4) is 11.3 Å². The number of hydrogen-bond donors (Lipinski definition) is 1. The van der Waals surface area contributed by atoms with Gasteiger partial charge in [0.2, 0.25) is 0 Å². The van der Waals surface area contributed by atoms with Crippen molar-refractivity contribution in [3.63, 3.8) is 0 Å². The number of nitrogens with one attached hydrogen (secondary N) is 1. The van der Waals surface area contributed by atoms with Gasteiger partial charge < -0.3 is 9.73 Å². The molecule has 0 fully saturated rings. The molecule has 5 heteroatoms. The lowest BCUT2D eigenvalue weighted by Gasteiger charge is -2.01. The van der Waals surface area contributed by atoms with Crippen LogP contribution >= 0.6 is 27.5 Å². The summed E-state index contributed by atoms with van der Waals surface area (Å²) in [5.41, 5.74) is 0.873. The second-order valence-corrected chi connectivity index (χ2v) is 5.92. The summed E-state index contributed by atoms with van der Waals surface area (Å²) < 4.78 is 6.71. The predicted molar refractivity (Wildman–Crippen MR) is 86.1 cm³/mol. The fourth-order valence-corrected chi connectivity index (χ4v) is 2.67. The highest BCUT2D eigenvalue weighted by molar-refractivity contribution is 9.10. The van der Waals surface area contributed by atoms with Crippen molar-refractivity contribution in [2.45, 2.75) is 26.2 Å². The SMILES string of the molecule is CCCNCCCc1ncc(-c2ccc(Br)cc2Cl)o1. The quantitative estimate of drug-likeness (QED) is 0.731. The lowest BCUT2D eigenvalue weighted by Crippen LogP contribution is -2.16. The molecule has 2 aromatic rings. The molecule has 1 aromatic carbocycles. The lowest BCUT2D eigenvalue weighted by atomic mass is 10.2. The van der Waals surface area contributed by atoms with E-state index in [0.29, 0.717) is 5.02 Å². The summed E-state index contributed by atoms with van der Waals surface area (Å²) in [5.74, 6) is 1.48. The number of nitrogens with zero attached hydrogens (tertiary/aromatic N) is 1. The molecule has 0 aliphatic carbocycles. The van der Waals surface area contributed by atoms with Crippen LogP contribution in [0.15, 0.2) is 33.3 Å². The maximum Gasteiger partial charge on any atom is 0.194 e. The van der Waals surface area contributed by atoms with Crippen molar-refractivity contribution in [1.82, 2.24) is 10.3 Å². The van der Waals surface area contributed by atoms with E-state index in [2.05, 4.69) is 33.2 Å². The van der Waals surface area contributed by atoms with Crippen LogP contribution in [0.5, 0.6) is 0 Å². The topological polar surface area (TPSA) is 38.1 Å². The summed E-state index contributed by atoms with van der Waals surface area (Å²) in [6, 6.07) is 5.73. The first kappa shape index (κ1) is 15.5. The molecule has 0 radical (unpaired) electrons. The van der Waals surface area contributed by atoms with Gasteiger partial charge in [-0.05, 0) is 44.1 Å². The molecule has 0 saturated heterocycles. The maximum absolute atomic E-state index is 6.21. The zero-order chi connectivity index (χ0) is 14.4. The summed E-state index contributed by atoms with van der Waals surface area (Å²) in [6.45, 7) is 4.21. The highest BCUT2D eigenvalue weighted by Crippen LogP contribution is 2.30. The van der Waals surface area contributed by atoms with Crippen molar-refractivity contribution in [2.75, 3.05) is 13.1 Å². The molecular weight excluding hydrogens is 340 g/mol. The molecule has 0 spiro atoms. The molecule has 3 nitrogen and oxygen atoms in total. The molecule has 2 rings (SSSR count). The highest BCUT2D eigenvalue weighted by atomic mass is 79.9. The number of rotatable bonds is 7. The first-order valence-electron chi connectivity index (χ1n) is 6.81. The Bertz CT molecular complexity index is 557. The Morgan fingerprint density at radius 3 is 2.95 bits per heavy atom. The van der Waals surface area contributed by atoms with Gasteiger partial charge in [0.25, 0.3) is 0 Å². The molecule has 1 N–H and O–H groups in total. The van der Waals surface area contributed by atoms with Gasteiger partial charge in [0.15, 0.2) is 11.7 Å². The van der Waals surface area contributed by atoms with Gasteiger partial charge in [-0.25, -0.2) is 4.98 Å². The molecule has 0 atom stereocenters. The highest BCUT2D eigenvalue weighted by Gasteiger charge is 2.10. The third-order valence-corrected chi connectivity index (χ3v) is 3.73. The molecule has 1 aromatic heterocycles. The van der Waals surface area contributed by atoms with Gasteiger partial charge >= 0.3 is 0 Å². The molecule has 0 unspecified atom stereocenters. The van der Waals surface area contributed by atoms with Gasteiger partial charge in [-0.15, -0.1) is 0 Å². The van der Waals surface area contributed by atoms with Crippen molar-refractivity contribution in [3.05, 3.63) is 39.8 Å². The Labute approximate surface area is 132 Å². The minimum Gasteiger partial charge on any atom is -0.441 e. The molecule has 0 bridgehead atoms. The van der Waals surface area contributed by atoms with Crippen LogP contribution in [0, 0.1) is 0 Å². The van der Waals surface area contributed by atoms with Gasteiger partial charge in [-0.1, -0.05) is 34.5 Å². The van der Waals surface area contributed by atoms with Crippen molar-refractivity contribution in [1.29, 1.82) is 0 Å². The van der Waals surface area contributed by atoms with Crippen LogP contribution in [0.2, 0.25) is 5.02 Å².